The van der Waals surface area contributed by atoms with Crippen LogP contribution in [0.1, 0.15) is 18.4 Å². The lowest BCUT2D eigenvalue weighted by atomic mass is 10.1. The van der Waals surface area contributed by atoms with Gasteiger partial charge in [-0.3, -0.25) is 15.0 Å². The van der Waals surface area contributed by atoms with Crippen molar-refractivity contribution in [3.8, 4) is 0 Å². The molecule has 0 spiro atoms. The van der Waals surface area contributed by atoms with Gasteiger partial charge in [0.05, 0.1) is 11.0 Å². The zero-order valence-corrected chi connectivity index (χ0v) is 11.2. The molecule has 1 heterocycles. The Balaban J connectivity index is 0.00000180. The van der Waals surface area contributed by atoms with Gasteiger partial charge in [-0.15, -0.1) is 12.4 Å². The van der Waals surface area contributed by atoms with Crippen LogP contribution in [0.2, 0.25) is 0 Å². The van der Waals surface area contributed by atoms with E-state index in [1.54, 1.807) is 0 Å². The van der Waals surface area contributed by atoms with E-state index in [9.17, 15) is 14.5 Å². The second-order valence-electron chi connectivity index (χ2n) is 4.65. The summed E-state index contributed by atoms with van der Waals surface area (Å²) in [6.07, 6.45) is 1.82. The minimum absolute atomic E-state index is 0. The van der Waals surface area contributed by atoms with Gasteiger partial charge in [0, 0.05) is 24.2 Å². The highest BCUT2D eigenvalue weighted by molar-refractivity contribution is 5.85. The van der Waals surface area contributed by atoms with Crippen molar-refractivity contribution in [2.45, 2.75) is 25.4 Å². The van der Waals surface area contributed by atoms with Gasteiger partial charge in [-0.25, -0.2) is 4.39 Å². The van der Waals surface area contributed by atoms with Crippen LogP contribution in [-0.4, -0.2) is 29.0 Å². The van der Waals surface area contributed by atoms with E-state index in [2.05, 4.69) is 4.90 Å². The van der Waals surface area contributed by atoms with Gasteiger partial charge in [0.2, 0.25) is 0 Å². The number of likely N-dealkylation sites (tertiary alicyclic amines) is 1. The molecule has 1 saturated heterocycles. The predicted octanol–water partition coefficient (Wildman–Crippen LogP) is 2.08. The SMILES string of the molecule is Cl.NC1CCN(Cc2ccc([N+](=O)[O-])cc2F)CC1. The molecule has 0 amide bonds. The Labute approximate surface area is 117 Å². The summed E-state index contributed by atoms with van der Waals surface area (Å²) in [5.41, 5.74) is 6.08. The van der Waals surface area contributed by atoms with Gasteiger partial charge in [0.15, 0.2) is 0 Å². The third kappa shape index (κ3) is 4.12. The minimum Gasteiger partial charge on any atom is -0.328 e. The quantitative estimate of drug-likeness (QED) is 0.683. The van der Waals surface area contributed by atoms with Crippen molar-refractivity contribution in [2.75, 3.05) is 13.1 Å². The first kappa shape index (κ1) is 15.8. The summed E-state index contributed by atoms with van der Waals surface area (Å²) in [6.45, 7) is 2.17. The molecule has 7 heteroatoms. The largest absolute Gasteiger partial charge is 0.328 e. The van der Waals surface area contributed by atoms with Gasteiger partial charge < -0.3 is 5.73 Å². The average Bonchev–Trinajstić information content (AvgIpc) is 2.34. The van der Waals surface area contributed by atoms with E-state index in [1.165, 1.54) is 12.1 Å². The lowest BCUT2D eigenvalue weighted by Gasteiger charge is -2.30. The normalized spacial score (nSPS) is 16.9. The van der Waals surface area contributed by atoms with E-state index in [0.717, 1.165) is 32.0 Å². The highest BCUT2D eigenvalue weighted by Gasteiger charge is 2.18. The number of halogens is 2. The van der Waals surface area contributed by atoms with Crippen LogP contribution in [0.5, 0.6) is 0 Å². The molecule has 2 rings (SSSR count). The van der Waals surface area contributed by atoms with Crippen LogP contribution in [-0.2, 0) is 6.54 Å². The maximum Gasteiger partial charge on any atom is 0.272 e. The van der Waals surface area contributed by atoms with Crippen molar-refractivity contribution in [3.63, 3.8) is 0 Å². The molecule has 1 aliphatic rings. The lowest BCUT2D eigenvalue weighted by molar-refractivity contribution is -0.385. The van der Waals surface area contributed by atoms with Crippen LogP contribution >= 0.6 is 12.4 Å². The van der Waals surface area contributed by atoms with Gasteiger partial charge in [-0.05, 0) is 32.0 Å². The summed E-state index contributed by atoms with van der Waals surface area (Å²) in [7, 11) is 0. The van der Waals surface area contributed by atoms with Crippen LogP contribution < -0.4 is 5.73 Å². The molecule has 0 atom stereocenters. The molecule has 0 aliphatic carbocycles. The third-order valence-electron chi connectivity index (χ3n) is 3.27. The zero-order valence-electron chi connectivity index (χ0n) is 10.4. The Bertz CT molecular complexity index is 451. The van der Waals surface area contributed by atoms with Gasteiger partial charge in [0.1, 0.15) is 5.82 Å². The molecule has 0 saturated carbocycles. The zero-order chi connectivity index (χ0) is 13.1. The fourth-order valence-corrected chi connectivity index (χ4v) is 2.13. The van der Waals surface area contributed by atoms with Crippen LogP contribution in [0.3, 0.4) is 0 Å². The molecule has 0 bridgehead atoms. The predicted molar refractivity (Wildman–Crippen MR) is 72.8 cm³/mol. The summed E-state index contributed by atoms with van der Waals surface area (Å²) in [5, 5.41) is 10.5. The van der Waals surface area contributed by atoms with Crippen molar-refractivity contribution in [3.05, 3.63) is 39.7 Å². The number of hydrogen-bond donors (Lipinski definition) is 1. The van der Waals surface area contributed by atoms with Crippen molar-refractivity contribution < 1.29 is 9.31 Å². The van der Waals surface area contributed by atoms with Crippen LogP contribution in [0.15, 0.2) is 18.2 Å². The average molecular weight is 290 g/mol. The molecule has 0 unspecified atom stereocenters. The number of benzene rings is 1. The van der Waals surface area contributed by atoms with Crippen LogP contribution in [0.25, 0.3) is 0 Å². The fraction of sp³-hybridized carbons (Fsp3) is 0.500. The smallest absolute Gasteiger partial charge is 0.272 e. The summed E-state index contributed by atoms with van der Waals surface area (Å²) in [4.78, 5) is 12.0. The van der Waals surface area contributed by atoms with E-state index in [0.29, 0.717) is 12.1 Å². The Kier molecular flexibility index (Phi) is 5.65. The number of nitrogens with zero attached hydrogens (tertiary/aromatic N) is 2. The van der Waals surface area contributed by atoms with E-state index in [4.69, 9.17) is 5.73 Å². The molecule has 0 radical (unpaired) electrons. The maximum absolute atomic E-state index is 13.7. The summed E-state index contributed by atoms with van der Waals surface area (Å²) in [6, 6.07) is 4.05. The van der Waals surface area contributed by atoms with E-state index < -0.39 is 10.7 Å². The molecule has 19 heavy (non-hydrogen) atoms. The number of nitro benzene ring substituents is 1. The summed E-state index contributed by atoms with van der Waals surface area (Å²) in [5.74, 6) is -0.515. The molecule has 1 aromatic carbocycles. The number of hydrogen-bond acceptors (Lipinski definition) is 4. The van der Waals surface area contributed by atoms with Crippen molar-refractivity contribution in [1.29, 1.82) is 0 Å². The Morgan fingerprint density at radius 2 is 2.05 bits per heavy atom. The summed E-state index contributed by atoms with van der Waals surface area (Å²) < 4.78 is 13.7. The van der Waals surface area contributed by atoms with Gasteiger partial charge in [-0.2, -0.15) is 0 Å². The second kappa shape index (κ2) is 6.79. The Morgan fingerprint density at radius 1 is 1.42 bits per heavy atom. The topological polar surface area (TPSA) is 72.4 Å². The molecule has 1 fully saturated rings. The fourth-order valence-electron chi connectivity index (χ4n) is 2.13. The monoisotopic (exact) mass is 289 g/mol. The number of nitrogens with two attached hydrogens (primary N) is 1. The van der Waals surface area contributed by atoms with E-state index in [1.807, 2.05) is 0 Å². The van der Waals surface area contributed by atoms with Crippen molar-refractivity contribution in [1.82, 2.24) is 4.90 Å². The molecule has 106 valence electrons. The van der Waals surface area contributed by atoms with E-state index in [-0.39, 0.29) is 24.1 Å². The number of rotatable bonds is 3. The second-order valence-corrected chi connectivity index (χ2v) is 4.65. The maximum atomic E-state index is 13.7. The molecule has 1 aliphatic heterocycles. The standard InChI is InChI=1S/C12H16FN3O2.ClH/c13-12-7-11(16(17)18)2-1-9(12)8-15-5-3-10(14)4-6-15;/h1-2,7,10H,3-6,8,14H2;1H. The summed E-state index contributed by atoms with van der Waals surface area (Å²) >= 11 is 0. The molecule has 5 nitrogen and oxygen atoms in total. The van der Waals surface area contributed by atoms with E-state index >= 15 is 0 Å². The highest BCUT2D eigenvalue weighted by atomic mass is 35.5. The third-order valence-corrected chi connectivity index (χ3v) is 3.27. The molecular formula is C12H17ClFN3O2. The number of nitro groups is 1. The molecule has 2 N–H and O–H groups in total. The minimum atomic E-state index is -0.591. The molecule has 1 aromatic rings. The van der Waals surface area contributed by atoms with Gasteiger partial charge in [0.25, 0.3) is 5.69 Å². The van der Waals surface area contributed by atoms with Crippen LogP contribution in [0.4, 0.5) is 10.1 Å². The Hall–Kier alpha value is -1.24. The Morgan fingerprint density at radius 3 is 2.58 bits per heavy atom. The number of piperidine rings is 1. The van der Waals surface area contributed by atoms with Gasteiger partial charge >= 0.3 is 0 Å². The van der Waals surface area contributed by atoms with Crippen LogP contribution in [0, 0.1) is 15.9 Å². The molecule has 0 aromatic heterocycles. The van der Waals surface area contributed by atoms with Crippen molar-refractivity contribution in [2.24, 2.45) is 5.73 Å². The molecular weight excluding hydrogens is 273 g/mol. The first-order valence-electron chi connectivity index (χ1n) is 5.97. The van der Waals surface area contributed by atoms with Crippen molar-refractivity contribution >= 4 is 18.1 Å². The highest BCUT2D eigenvalue weighted by Crippen LogP contribution is 2.19. The van der Waals surface area contributed by atoms with Gasteiger partial charge in [-0.1, -0.05) is 0 Å². The first-order chi connectivity index (χ1) is 8.56. The first-order valence-corrected chi connectivity index (χ1v) is 5.97. The number of non-ortho nitro benzene ring substituents is 1. The lowest BCUT2D eigenvalue weighted by Crippen LogP contribution is -2.39.